The average Bonchev–Trinajstić information content (AvgIpc) is 2.63. The van der Waals surface area contributed by atoms with Gasteiger partial charge in [0.1, 0.15) is 0 Å². The maximum absolute atomic E-state index is 5.83. The van der Waals surface area contributed by atoms with E-state index in [4.69, 9.17) is 14.2 Å². The third kappa shape index (κ3) is 2.92. The number of rotatable bonds is 3. The van der Waals surface area contributed by atoms with Gasteiger partial charge in [0.15, 0.2) is 0 Å². The summed E-state index contributed by atoms with van der Waals surface area (Å²) in [5.74, 6) is 0.684. The first-order valence-electron chi connectivity index (χ1n) is 5.27. The molecule has 2 atom stereocenters. The fourth-order valence-corrected chi connectivity index (χ4v) is 2.33. The van der Waals surface area contributed by atoms with Crippen LogP contribution in [-0.2, 0) is 14.2 Å². The summed E-state index contributed by atoms with van der Waals surface area (Å²) in [6, 6.07) is 0. The normalized spacial score (nSPS) is 34.9. The molecule has 0 aliphatic carbocycles. The Bertz CT molecular complexity index is 171. The monoisotopic (exact) mass is 264 g/mol. The van der Waals surface area contributed by atoms with E-state index in [1.807, 2.05) is 0 Å². The van der Waals surface area contributed by atoms with E-state index in [0.717, 1.165) is 45.9 Å². The van der Waals surface area contributed by atoms with Crippen LogP contribution in [0.4, 0.5) is 0 Å². The van der Waals surface area contributed by atoms with Gasteiger partial charge >= 0.3 is 0 Å². The van der Waals surface area contributed by atoms with Crippen LogP contribution in [0.5, 0.6) is 0 Å². The Morgan fingerprint density at radius 2 is 1.93 bits per heavy atom. The van der Waals surface area contributed by atoms with Crippen molar-refractivity contribution in [3.8, 4) is 0 Å². The Morgan fingerprint density at radius 3 is 2.57 bits per heavy atom. The lowest BCUT2D eigenvalue weighted by atomic mass is 10.0. The Labute approximate surface area is 93.2 Å². The van der Waals surface area contributed by atoms with Gasteiger partial charge < -0.3 is 14.2 Å². The largest absolute Gasteiger partial charge is 0.381 e. The lowest BCUT2D eigenvalue weighted by molar-refractivity contribution is -0.0117. The quantitative estimate of drug-likeness (QED) is 0.725. The van der Waals surface area contributed by atoms with Gasteiger partial charge in [0, 0.05) is 13.2 Å². The molecule has 2 rings (SSSR count). The van der Waals surface area contributed by atoms with Gasteiger partial charge in [-0.05, 0) is 18.8 Å². The molecule has 2 heterocycles. The maximum atomic E-state index is 5.83. The van der Waals surface area contributed by atoms with Crippen molar-refractivity contribution in [1.29, 1.82) is 0 Å². The van der Waals surface area contributed by atoms with Crippen molar-refractivity contribution in [2.45, 2.75) is 23.8 Å². The van der Waals surface area contributed by atoms with Crippen LogP contribution >= 0.6 is 15.9 Å². The van der Waals surface area contributed by atoms with Crippen molar-refractivity contribution in [3.05, 3.63) is 0 Å². The second-order valence-corrected chi connectivity index (χ2v) is 5.16. The van der Waals surface area contributed by atoms with Crippen LogP contribution in [0, 0.1) is 5.92 Å². The Morgan fingerprint density at radius 1 is 1.14 bits per heavy atom. The third-order valence-electron chi connectivity index (χ3n) is 2.85. The molecule has 3 nitrogen and oxygen atoms in total. The van der Waals surface area contributed by atoms with Crippen LogP contribution in [0.1, 0.15) is 12.8 Å². The van der Waals surface area contributed by atoms with Gasteiger partial charge in [-0.15, -0.1) is 0 Å². The zero-order valence-electron chi connectivity index (χ0n) is 8.28. The molecule has 2 fully saturated rings. The fourth-order valence-electron chi connectivity index (χ4n) is 1.83. The first kappa shape index (κ1) is 10.9. The molecule has 0 saturated carbocycles. The molecule has 0 spiro atoms. The van der Waals surface area contributed by atoms with Gasteiger partial charge in [0.05, 0.1) is 30.8 Å². The van der Waals surface area contributed by atoms with Gasteiger partial charge in [0.2, 0.25) is 0 Å². The SMILES string of the molecule is BrC1COCC1OCC1CCOCC1. The minimum Gasteiger partial charge on any atom is -0.381 e. The number of hydrogen-bond donors (Lipinski definition) is 0. The summed E-state index contributed by atoms with van der Waals surface area (Å²) in [7, 11) is 0. The number of hydrogen-bond acceptors (Lipinski definition) is 3. The molecule has 0 N–H and O–H groups in total. The second kappa shape index (κ2) is 5.45. The van der Waals surface area contributed by atoms with Crippen LogP contribution in [0.25, 0.3) is 0 Å². The molecule has 2 unspecified atom stereocenters. The van der Waals surface area contributed by atoms with Crippen molar-refractivity contribution in [1.82, 2.24) is 0 Å². The molecule has 0 radical (unpaired) electrons. The Balaban J connectivity index is 1.65. The molecule has 4 heteroatoms. The number of ether oxygens (including phenoxy) is 3. The molecular weight excluding hydrogens is 248 g/mol. The van der Waals surface area contributed by atoms with Crippen molar-refractivity contribution in [2.75, 3.05) is 33.0 Å². The van der Waals surface area contributed by atoms with Crippen LogP contribution in [0.15, 0.2) is 0 Å². The summed E-state index contributed by atoms with van der Waals surface area (Å²) in [5, 5.41) is 0. The zero-order chi connectivity index (χ0) is 9.80. The van der Waals surface area contributed by atoms with Crippen LogP contribution in [0.3, 0.4) is 0 Å². The molecule has 0 aromatic rings. The highest BCUT2D eigenvalue weighted by molar-refractivity contribution is 9.09. The summed E-state index contributed by atoms with van der Waals surface area (Å²) in [5.41, 5.74) is 0. The van der Waals surface area contributed by atoms with Gasteiger partial charge in [-0.2, -0.15) is 0 Å². The molecular formula is C10H17BrO3. The topological polar surface area (TPSA) is 27.7 Å². The number of alkyl halides is 1. The summed E-state index contributed by atoms with van der Waals surface area (Å²) in [6.45, 7) is 4.16. The van der Waals surface area contributed by atoms with Crippen LogP contribution < -0.4 is 0 Å². The molecule has 2 saturated heterocycles. The standard InChI is InChI=1S/C10H17BrO3/c11-9-6-13-7-10(9)14-5-8-1-3-12-4-2-8/h8-10H,1-7H2. The van der Waals surface area contributed by atoms with E-state index in [2.05, 4.69) is 15.9 Å². The van der Waals surface area contributed by atoms with Crippen LogP contribution in [-0.4, -0.2) is 44.0 Å². The van der Waals surface area contributed by atoms with Gasteiger partial charge in [-0.25, -0.2) is 0 Å². The summed E-state index contributed by atoms with van der Waals surface area (Å²) < 4.78 is 16.4. The summed E-state index contributed by atoms with van der Waals surface area (Å²) in [4.78, 5) is 0.377. The van der Waals surface area contributed by atoms with Gasteiger partial charge in [-0.1, -0.05) is 15.9 Å². The van der Waals surface area contributed by atoms with Crippen molar-refractivity contribution >= 4 is 15.9 Å². The van der Waals surface area contributed by atoms with E-state index in [1.165, 1.54) is 0 Å². The second-order valence-electron chi connectivity index (χ2n) is 3.98. The summed E-state index contributed by atoms with van der Waals surface area (Å²) >= 11 is 3.56. The average molecular weight is 265 g/mol. The van der Waals surface area contributed by atoms with E-state index in [9.17, 15) is 0 Å². The molecule has 14 heavy (non-hydrogen) atoms. The van der Waals surface area contributed by atoms with E-state index < -0.39 is 0 Å². The molecule has 0 aromatic heterocycles. The highest BCUT2D eigenvalue weighted by Gasteiger charge is 2.27. The lowest BCUT2D eigenvalue weighted by Gasteiger charge is -2.23. The molecule has 0 bridgehead atoms. The van der Waals surface area contributed by atoms with Crippen molar-refractivity contribution in [2.24, 2.45) is 5.92 Å². The van der Waals surface area contributed by atoms with E-state index in [1.54, 1.807) is 0 Å². The first-order valence-corrected chi connectivity index (χ1v) is 6.19. The molecule has 0 aromatic carbocycles. The molecule has 2 aliphatic heterocycles. The maximum Gasteiger partial charge on any atom is 0.0955 e. The van der Waals surface area contributed by atoms with E-state index >= 15 is 0 Å². The van der Waals surface area contributed by atoms with Crippen molar-refractivity contribution < 1.29 is 14.2 Å². The van der Waals surface area contributed by atoms with E-state index in [0.29, 0.717) is 10.7 Å². The predicted molar refractivity (Wildman–Crippen MR) is 56.8 cm³/mol. The minimum atomic E-state index is 0.248. The zero-order valence-corrected chi connectivity index (χ0v) is 9.87. The van der Waals surface area contributed by atoms with Gasteiger partial charge in [-0.3, -0.25) is 0 Å². The van der Waals surface area contributed by atoms with Crippen LogP contribution in [0.2, 0.25) is 0 Å². The predicted octanol–water partition coefficient (Wildman–Crippen LogP) is 1.59. The van der Waals surface area contributed by atoms with Crippen molar-refractivity contribution in [3.63, 3.8) is 0 Å². The highest BCUT2D eigenvalue weighted by atomic mass is 79.9. The number of halogens is 1. The lowest BCUT2D eigenvalue weighted by Crippen LogP contribution is -2.27. The summed E-state index contributed by atoms with van der Waals surface area (Å²) in [6.07, 6.45) is 2.53. The van der Waals surface area contributed by atoms with E-state index in [-0.39, 0.29) is 6.10 Å². The molecule has 0 amide bonds. The fraction of sp³-hybridized carbons (Fsp3) is 1.00. The smallest absolute Gasteiger partial charge is 0.0955 e. The molecule has 2 aliphatic rings. The molecule has 82 valence electrons. The first-order chi connectivity index (χ1) is 6.86. The Kier molecular flexibility index (Phi) is 4.23. The van der Waals surface area contributed by atoms with Gasteiger partial charge in [0.25, 0.3) is 0 Å². The minimum absolute atomic E-state index is 0.248. The highest BCUT2D eigenvalue weighted by Crippen LogP contribution is 2.21. The Hall–Kier alpha value is 0.360. The third-order valence-corrected chi connectivity index (χ3v) is 3.70.